The van der Waals surface area contributed by atoms with Gasteiger partial charge in [0.2, 0.25) is 5.76 Å². The van der Waals surface area contributed by atoms with E-state index in [1.54, 1.807) is 54.6 Å². The van der Waals surface area contributed by atoms with Crippen molar-refractivity contribution in [3.8, 4) is 28.1 Å². The van der Waals surface area contributed by atoms with E-state index >= 15 is 0 Å². The van der Waals surface area contributed by atoms with Gasteiger partial charge in [0.25, 0.3) is 0 Å². The molecule has 0 aliphatic heterocycles. The topological polar surface area (TPSA) is 35.3 Å². The van der Waals surface area contributed by atoms with Crippen LogP contribution in [0, 0.1) is 0 Å². The van der Waals surface area contributed by atoms with Crippen LogP contribution in [0.2, 0.25) is 0 Å². The van der Waals surface area contributed by atoms with Gasteiger partial charge in [-0.15, -0.1) is 0 Å². The van der Waals surface area contributed by atoms with Crippen molar-refractivity contribution in [2.75, 3.05) is 7.11 Å². The van der Waals surface area contributed by atoms with Crippen LogP contribution in [-0.4, -0.2) is 12.3 Å². The minimum Gasteiger partial charge on any atom is -0.497 e. The number of aromatic nitrogens is 1. The molecule has 0 aliphatic rings. The number of halogens is 3. The van der Waals surface area contributed by atoms with Crippen LogP contribution in [0.15, 0.2) is 59.1 Å². The predicted molar refractivity (Wildman–Crippen MR) is 78.9 cm³/mol. The van der Waals surface area contributed by atoms with Gasteiger partial charge >= 0.3 is 6.18 Å². The van der Waals surface area contributed by atoms with E-state index in [1.165, 1.54) is 7.11 Å². The smallest absolute Gasteiger partial charge is 0.453 e. The lowest BCUT2D eigenvalue weighted by Crippen LogP contribution is -2.05. The molecule has 3 nitrogen and oxygen atoms in total. The number of nitrogens with zero attached hydrogens (tertiary/aromatic N) is 1. The Kier molecular flexibility index (Phi) is 3.82. The Labute approximate surface area is 130 Å². The number of ether oxygens (including phenoxy) is 1. The van der Waals surface area contributed by atoms with E-state index in [2.05, 4.69) is 9.68 Å². The van der Waals surface area contributed by atoms with Crippen molar-refractivity contribution in [1.29, 1.82) is 0 Å². The Morgan fingerprint density at radius 2 is 1.57 bits per heavy atom. The Balaban J connectivity index is 2.19. The van der Waals surface area contributed by atoms with Crippen molar-refractivity contribution in [1.82, 2.24) is 5.16 Å². The molecule has 0 saturated heterocycles. The van der Waals surface area contributed by atoms with Crippen LogP contribution in [0.1, 0.15) is 5.76 Å². The molecule has 0 aliphatic carbocycles. The van der Waals surface area contributed by atoms with Crippen molar-refractivity contribution < 1.29 is 22.4 Å². The highest BCUT2D eigenvalue weighted by atomic mass is 19.4. The Hall–Kier alpha value is -2.76. The first kappa shape index (κ1) is 15.1. The van der Waals surface area contributed by atoms with Crippen LogP contribution in [0.4, 0.5) is 13.2 Å². The maximum absolute atomic E-state index is 13.2. The molecule has 0 radical (unpaired) electrons. The van der Waals surface area contributed by atoms with Crippen molar-refractivity contribution in [2.45, 2.75) is 6.18 Å². The minimum atomic E-state index is -4.62. The van der Waals surface area contributed by atoms with E-state index in [4.69, 9.17) is 4.74 Å². The Bertz CT molecular complexity index is 793. The van der Waals surface area contributed by atoms with Gasteiger partial charge in [0.1, 0.15) is 11.4 Å². The van der Waals surface area contributed by atoms with Gasteiger partial charge in [0, 0.05) is 5.56 Å². The number of alkyl halides is 3. The molecule has 0 amide bonds. The quantitative estimate of drug-likeness (QED) is 0.678. The lowest BCUT2D eigenvalue weighted by Gasteiger charge is -2.07. The van der Waals surface area contributed by atoms with Crippen LogP contribution in [0.5, 0.6) is 5.75 Å². The molecule has 6 heteroatoms. The maximum Gasteiger partial charge on any atom is 0.453 e. The third-order valence-corrected chi connectivity index (χ3v) is 3.38. The van der Waals surface area contributed by atoms with Crippen LogP contribution in [0.25, 0.3) is 22.4 Å². The number of benzene rings is 2. The second-order valence-electron chi connectivity index (χ2n) is 4.83. The number of rotatable bonds is 3. The predicted octanol–water partition coefficient (Wildman–Crippen LogP) is 5.04. The van der Waals surface area contributed by atoms with Crippen molar-refractivity contribution in [3.63, 3.8) is 0 Å². The molecular weight excluding hydrogens is 307 g/mol. The van der Waals surface area contributed by atoms with Crippen LogP contribution in [-0.2, 0) is 6.18 Å². The molecule has 23 heavy (non-hydrogen) atoms. The molecule has 2 aromatic carbocycles. The SMILES string of the molecule is COc1ccc(-c2noc(C(F)(F)F)c2-c2ccccc2)cc1. The molecule has 0 unspecified atom stereocenters. The molecule has 1 aromatic heterocycles. The lowest BCUT2D eigenvalue weighted by atomic mass is 9.99. The summed E-state index contributed by atoms with van der Waals surface area (Å²) >= 11 is 0. The Morgan fingerprint density at radius 3 is 2.13 bits per heavy atom. The fraction of sp³-hybridized carbons (Fsp3) is 0.118. The molecular formula is C17H12F3NO2. The zero-order valence-corrected chi connectivity index (χ0v) is 12.1. The van der Waals surface area contributed by atoms with E-state index in [0.717, 1.165) is 0 Å². The molecule has 0 fully saturated rings. The van der Waals surface area contributed by atoms with E-state index in [9.17, 15) is 13.2 Å². The third kappa shape index (κ3) is 2.92. The molecule has 0 saturated carbocycles. The number of hydrogen-bond acceptors (Lipinski definition) is 3. The average molecular weight is 319 g/mol. The van der Waals surface area contributed by atoms with Gasteiger partial charge in [-0.2, -0.15) is 13.2 Å². The first-order chi connectivity index (χ1) is 11.0. The first-order valence-corrected chi connectivity index (χ1v) is 6.77. The zero-order valence-electron chi connectivity index (χ0n) is 12.1. The Morgan fingerprint density at radius 1 is 0.913 bits per heavy atom. The van der Waals surface area contributed by atoms with Gasteiger partial charge in [-0.05, 0) is 29.8 Å². The average Bonchev–Trinajstić information content (AvgIpc) is 3.01. The molecule has 3 aromatic rings. The summed E-state index contributed by atoms with van der Waals surface area (Å²) in [5.74, 6) is -0.496. The van der Waals surface area contributed by atoms with Crippen LogP contribution >= 0.6 is 0 Å². The van der Waals surface area contributed by atoms with Gasteiger partial charge < -0.3 is 9.26 Å². The summed E-state index contributed by atoms with van der Waals surface area (Å²) in [4.78, 5) is 0. The van der Waals surface area contributed by atoms with E-state index in [1.807, 2.05) is 0 Å². The summed E-state index contributed by atoms with van der Waals surface area (Å²) in [7, 11) is 1.52. The van der Waals surface area contributed by atoms with Crippen molar-refractivity contribution in [2.24, 2.45) is 0 Å². The fourth-order valence-corrected chi connectivity index (χ4v) is 2.30. The molecule has 1 heterocycles. The summed E-state index contributed by atoms with van der Waals surface area (Å²) < 4.78 is 49.4. The number of methoxy groups -OCH3 is 1. The lowest BCUT2D eigenvalue weighted by molar-refractivity contribution is -0.154. The molecule has 0 atom stereocenters. The van der Waals surface area contributed by atoms with Crippen LogP contribution < -0.4 is 4.74 Å². The maximum atomic E-state index is 13.2. The van der Waals surface area contributed by atoms with E-state index < -0.39 is 11.9 Å². The molecule has 0 spiro atoms. The largest absolute Gasteiger partial charge is 0.497 e. The van der Waals surface area contributed by atoms with Gasteiger partial charge in [-0.1, -0.05) is 35.5 Å². The first-order valence-electron chi connectivity index (χ1n) is 6.77. The van der Waals surface area contributed by atoms with E-state index in [0.29, 0.717) is 16.9 Å². The fourth-order valence-electron chi connectivity index (χ4n) is 2.30. The van der Waals surface area contributed by atoms with Crippen molar-refractivity contribution in [3.05, 3.63) is 60.4 Å². The standard InChI is InChI=1S/C17H12F3NO2/c1-22-13-9-7-12(8-10-13)15-14(11-5-3-2-4-6-11)16(23-21-15)17(18,19)20/h2-10H,1H3. The summed E-state index contributed by atoms with van der Waals surface area (Å²) in [6.07, 6.45) is -4.62. The second kappa shape index (κ2) is 5.79. The minimum absolute atomic E-state index is 0.0664. The van der Waals surface area contributed by atoms with Gasteiger partial charge in [0.05, 0.1) is 12.7 Å². The summed E-state index contributed by atoms with van der Waals surface area (Å²) in [5, 5.41) is 3.65. The van der Waals surface area contributed by atoms with Crippen molar-refractivity contribution >= 4 is 0 Å². The highest BCUT2D eigenvalue weighted by Gasteiger charge is 2.41. The third-order valence-electron chi connectivity index (χ3n) is 3.38. The van der Waals surface area contributed by atoms with E-state index in [-0.39, 0.29) is 11.3 Å². The highest BCUT2D eigenvalue weighted by molar-refractivity contribution is 5.82. The molecule has 0 N–H and O–H groups in total. The molecule has 0 bridgehead atoms. The molecule has 118 valence electrons. The summed E-state index contributed by atoms with van der Waals surface area (Å²) in [6, 6.07) is 14.9. The number of hydrogen-bond donors (Lipinski definition) is 0. The second-order valence-corrected chi connectivity index (χ2v) is 4.83. The summed E-state index contributed by atoms with van der Waals surface area (Å²) in [6.45, 7) is 0. The van der Waals surface area contributed by atoms with Gasteiger partial charge in [-0.3, -0.25) is 0 Å². The monoisotopic (exact) mass is 319 g/mol. The summed E-state index contributed by atoms with van der Waals surface area (Å²) in [5.41, 5.74) is 0.991. The highest BCUT2D eigenvalue weighted by Crippen LogP contribution is 2.42. The van der Waals surface area contributed by atoms with Gasteiger partial charge in [-0.25, -0.2) is 0 Å². The van der Waals surface area contributed by atoms with Gasteiger partial charge in [0.15, 0.2) is 0 Å². The zero-order chi connectivity index (χ0) is 16.4. The molecule has 3 rings (SSSR count). The normalized spacial score (nSPS) is 11.5. The van der Waals surface area contributed by atoms with Crippen LogP contribution in [0.3, 0.4) is 0 Å².